The van der Waals surface area contributed by atoms with E-state index < -0.39 is 0 Å². The summed E-state index contributed by atoms with van der Waals surface area (Å²) in [6, 6.07) is 0. The number of fused-ring (bicyclic) bond motifs is 2. The molecule has 1 saturated carbocycles. The maximum Gasteiger partial charge on any atom is 0.125 e. The van der Waals surface area contributed by atoms with Crippen molar-refractivity contribution in [3.8, 4) is 0 Å². The fraction of sp³-hybridized carbons (Fsp3) is 0.500. The molecule has 0 saturated heterocycles. The van der Waals surface area contributed by atoms with Gasteiger partial charge in [-0.15, -0.1) is 0 Å². The van der Waals surface area contributed by atoms with E-state index in [-0.39, 0.29) is 5.83 Å². The highest BCUT2D eigenvalue weighted by Crippen LogP contribution is 2.37. The number of rotatable bonds is 0. The molecule has 70 valence electrons. The van der Waals surface area contributed by atoms with Gasteiger partial charge in [0.2, 0.25) is 0 Å². The topological polar surface area (TPSA) is 0 Å². The lowest BCUT2D eigenvalue weighted by atomic mass is 9.83. The zero-order valence-corrected chi connectivity index (χ0v) is 8.23. The molecule has 2 rings (SSSR count). The van der Waals surface area contributed by atoms with Gasteiger partial charge in [-0.05, 0) is 43.3 Å². The van der Waals surface area contributed by atoms with Gasteiger partial charge in [0.25, 0.3) is 0 Å². The third kappa shape index (κ3) is 1.60. The standard InChI is InChI=1S/C12H15F/c1-8-5-10-4-3-9(2)12(13)11(6-8)7-10/h3-4,8H,5-7H2,1-2H3. The summed E-state index contributed by atoms with van der Waals surface area (Å²) in [5, 5.41) is 0. The second-order valence-electron chi connectivity index (χ2n) is 4.28. The van der Waals surface area contributed by atoms with Crippen molar-refractivity contribution < 1.29 is 4.39 Å². The van der Waals surface area contributed by atoms with Crippen molar-refractivity contribution in [2.75, 3.05) is 0 Å². The van der Waals surface area contributed by atoms with Crippen molar-refractivity contribution in [1.82, 2.24) is 0 Å². The highest BCUT2D eigenvalue weighted by molar-refractivity contribution is 5.40. The Hall–Kier alpha value is -0.850. The van der Waals surface area contributed by atoms with Crippen LogP contribution < -0.4 is 0 Å². The molecule has 0 N–H and O–H groups in total. The largest absolute Gasteiger partial charge is 0.207 e. The van der Waals surface area contributed by atoms with Crippen molar-refractivity contribution in [2.45, 2.75) is 33.1 Å². The van der Waals surface area contributed by atoms with E-state index in [1.54, 1.807) is 0 Å². The number of hydrogen-bond acceptors (Lipinski definition) is 0. The molecule has 0 radical (unpaired) electrons. The quantitative estimate of drug-likeness (QED) is 0.527. The summed E-state index contributed by atoms with van der Waals surface area (Å²) >= 11 is 0. The minimum Gasteiger partial charge on any atom is -0.207 e. The van der Waals surface area contributed by atoms with E-state index in [4.69, 9.17) is 0 Å². The second-order valence-corrected chi connectivity index (χ2v) is 4.28. The molecule has 0 aromatic rings. The fourth-order valence-corrected chi connectivity index (χ4v) is 2.25. The summed E-state index contributed by atoms with van der Waals surface area (Å²) in [5.74, 6) is 0.651. The van der Waals surface area contributed by atoms with Crippen molar-refractivity contribution in [2.24, 2.45) is 5.92 Å². The van der Waals surface area contributed by atoms with E-state index in [1.807, 2.05) is 13.0 Å². The first kappa shape index (κ1) is 8.74. The van der Waals surface area contributed by atoms with Gasteiger partial charge in [-0.3, -0.25) is 0 Å². The van der Waals surface area contributed by atoms with Gasteiger partial charge in [-0.25, -0.2) is 4.39 Å². The average Bonchev–Trinajstić information content (AvgIpc) is 2.19. The molecule has 2 aliphatic rings. The molecule has 1 atom stereocenters. The average molecular weight is 178 g/mol. The Morgan fingerprint density at radius 1 is 1.31 bits per heavy atom. The molecule has 0 nitrogen and oxygen atoms in total. The zero-order chi connectivity index (χ0) is 9.42. The predicted octanol–water partition coefficient (Wildman–Crippen LogP) is 3.92. The normalized spacial score (nSPS) is 28.1. The number of halogens is 1. The zero-order valence-electron chi connectivity index (χ0n) is 8.23. The maximum absolute atomic E-state index is 13.7. The highest BCUT2D eigenvalue weighted by Gasteiger charge is 2.21. The lowest BCUT2D eigenvalue weighted by Crippen LogP contribution is -2.07. The van der Waals surface area contributed by atoms with E-state index in [0.29, 0.717) is 5.92 Å². The molecule has 0 aromatic heterocycles. The van der Waals surface area contributed by atoms with E-state index in [1.165, 1.54) is 5.57 Å². The van der Waals surface area contributed by atoms with Gasteiger partial charge in [0.15, 0.2) is 0 Å². The molecule has 0 amide bonds. The molecule has 2 aliphatic carbocycles. The van der Waals surface area contributed by atoms with Gasteiger partial charge < -0.3 is 0 Å². The SMILES string of the molecule is CC1=CC=C2CC(=C1F)CC(C)C2. The summed E-state index contributed by atoms with van der Waals surface area (Å²) in [7, 11) is 0. The lowest BCUT2D eigenvalue weighted by molar-refractivity contribution is 0.503. The third-order valence-electron chi connectivity index (χ3n) is 2.87. The molecular formula is C12H15F. The van der Waals surface area contributed by atoms with E-state index in [0.717, 1.165) is 30.4 Å². The van der Waals surface area contributed by atoms with Crippen molar-refractivity contribution in [3.63, 3.8) is 0 Å². The minimum atomic E-state index is 0.0396. The van der Waals surface area contributed by atoms with Crippen LogP contribution in [0.5, 0.6) is 0 Å². The van der Waals surface area contributed by atoms with E-state index in [2.05, 4.69) is 13.0 Å². The minimum absolute atomic E-state index is 0.0396. The summed E-state index contributed by atoms with van der Waals surface area (Å²) in [4.78, 5) is 0. The molecule has 1 heteroatoms. The van der Waals surface area contributed by atoms with Gasteiger partial charge in [-0.1, -0.05) is 24.6 Å². The van der Waals surface area contributed by atoms with Crippen LogP contribution in [-0.4, -0.2) is 0 Å². The summed E-state index contributed by atoms with van der Waals surface area (Å²) in [5.41, 5.74) is 3.19. The van der Waals surface area contributed by atoms with Crippen LogP contribution in [0.3, 0.4) is 0 Å². The summed E-state index contributed by atoms with van der Waals surface area (Å²) < 4.78 is 13.7. The van der Waals surface area contributed by atoms with Crippen LogP contribution >= 0.6 is 0 Å². The molecule has 0 aromatic carbocycles. The predicted molar refractivity (Wildman–Crippen MR) is 53.0 cm³/mol. The molecule has 0 aliphatic heterocycles. The first-order chi connectivity index (χ1) is 6.16. The smallest absolute Gasteiger partial charge is 0.125 e. The third-order valence-corrected chi connectivity index (χ3v) is 2.87. The Kier molecular flexibility index (Phi) is 2.10. The molecule has 0 spiro atoms. The second kappa shape index (κ2) is 3.13. The van der Waals surface area contributed by atoms with Crippen LogP contribution in [-0.2, 0) is 0 Å². The van der Waals surface area contributed by atoms with E-state index in [9.17, 15) is 4.39 Å². The van der Waals surface area contributed by atoms with Crippen molar-refractivity contribution in [1.29, 1.82) is 0 Å². The Morgan fingerprint density at radius 2 is 2.08 bits per heavy atom. The van der Waals surface area contributed by atoms with Crippen molar-refractivity contribution in [3.05, 3.63) is 34.7 Å². The first-order valence-corrected chi connectivity index (χ1v) is 4.91. The molecule has 1 unspecified atom stereocenters. The van der Waals surface area contributed by atoms with Crippen LogP contribution in [0, 0.1) is 5.92 Å². The maximum atomic E-state index is 13.7. The Morgan fingerprint density at radius 3 is 2.85 bits per heavy atom. The number of hydrogen-bond donors (Lipinski definition) is 0. The molecule has 1 fully saturated rings. The van der Waals surface area contributed by atoms with Crippen LogP contribution in [0.15, 0.2) is 34.7 Å². The summed E-state index contributed by atoms with van der Waals surface area (Å²) in [6.07, 6.45) is 6.95. The van der Waals surface area contributed by atoms with Crippen LogP contribution in [0.2, 0.25) is 0 Å². The van der Waals surface area contributed by atoms with Gasteiger partial charge in [0, 0.05) is 0 Å². The van der Waals surface area contributed by atoms with Gasteiger partial charge in [-0.2, -0.15) is 0 Å². The van der Waals surface area contributed by atoms with Gasteiger partial charge in [0.05, 0.1) is 0 Å². The lowest BCUT2D eigenvalue weighted by Gasteiger charge is -2.22. The van der Waals surface area contributed by atoms with Crippen LogP contribution in [0.4, 0.5) is 4.39 Å². The first-order valence-electron chi connectivity index (χ1n) is 4.91. The fourth-order valence-electron chi connectivity index (χ4n) is 2.25. The summed E-state index contributed by atoms with van der Waals surface area (Å²) in [6.45, 7) is 4.05. The number of allylic oxidation sites excluding steroid dienone is 6. The van der Waals surface area contributed by atoms with Gasteiger partial charge in [0.1, 0.15) is 5.83 Å². The molecule has 13 heavy (non-hydrogen) atoms. The van der Waals surface area contributed by atoms with Crippen molar-refractivity contribution >= 4 is 0 Å². The van der Waals surface area contributed by atoms with Crippen LogP contribution in [0.25, 0.3) is 0 Å². The Bertz CT molecular complexity index is 318. The monoisotopic (exact) mass is 178 g/mol. The molecule has 0 heterocycles. The Labute approximate surface area is 78.8 Å². The van der Waals surface area contributed by atoms with E-state index >= 15 is 0 Å². The molecule has 2 bridgehead atoms. The van der Waals surface area contributed by atoms with Gasteiger partial charge >= 0.3 is 0 Å². The Balaban J connectivity index is 2.43. The molecular weight excluding hydrogens is 163 g/mol. The highest BCUT2D eigenvalue weighted by atomic mass is 19.1. The van der Waals surface area contributed by atoms with Crippen LogP contribution in [0.1, 0.15) is 33.1 Å².